The van der Waals surface area contributed by atoms with Gasteiger partial charge >= 0.3 is 0 Å². The number of hydrogen-bond donors (Lipinski definition) is 1. The lowest BCUT2D eigenvalue weighted by Gasteiger charge is -2.38. The number of carbonyl (C=O) groups excluding carboxylic acids is 2. The third kappa shape index (κ3) is 4.35. The zero-order valence-corrected chi connectivity index (χ0v) is 16.6. The second-order valence-corrected chi connectivity index (χ2v) is 8.01. The largest absolute Gasteiger partial charge is 0.454 e. The Kier molecular flexibility index (Phi) is 5.60. The van der Waals surface area contributed by atoms with E-state index in [2.05, 4.69) is 10.2 Å². The monoisotopic (exact) mass is 375 g/mol. The summed E-state index contributed by atoms with van der Waals surface area (Å²) < 4.78 is 10.8. The van der Waals surface area contributed by atoms with Gasteiger partial charge in [-0.05, 0) is 45.4 Å². The van der Waals surface area contributed by atoms with Crippen molar-refractivity contribution in [3.8, 4) is 11.5 Å². The predicted molar refractivity (Wildman–Crippen MR) is 101 cm³/mol. The molecule has 7 heteroatoms. The molecule has 2 heterocycles. The third-order valence-corrected chi connectivity index (χ3v) is 5.02. The number of nitrogens with zero attached hydrogens (tertiary/aromatic N) is 2. The fraction of sp³-hybridized carbons (Fsp3) is 0.600. The van der Waals surface area contributed by atoms with Crippen LogP contribution in [0.2, 0.25) is 0 Å². The lowest BCUT2D eigenvalue weighted by atomic mass is 9.89. The zero-order chi connectivity index (χ0) is 19.6. The molecule has 0 unspecified atom stereocenters. The molecule has 1 fully saturated rings. The molecule has 2 amide bonds. The quantitative estimate of drug-likeness (QED) is 0.792. The average Bonchev–Trinajstić information content (AvgIpc) is 3.09. The molecule has 3 rings (SSSR count). The van der Waals surface area contributed by atoms with Crippen LogP contribution in [0.5, 0.6) is 11.5 Å². The van der Waals surface area contributed by atoms with Gasteiger partial charge in [0.2, 0.25) is 18.6 Å². The lowest BCUT2D eigenvalue weighted by molar-refractivity contribution is -0.150. The lowest BCUT2D eigenvalue weighted by Crippen LogP contribution is -2.55. The Morgan fingerprint density at radius 3 is 2.44 bits per heavy atom. The van der Waals surface area contributed by atoms with Gasteiger partial charge in [0.15, 0.2) is 11.5 Å². The van der Waals surface area contributed by atoms with E-state index in [0.717, 1.165) is 36.7 Å². The van der Waals surface area contributed by atoms with Crippen LogP contribution in [0.4, 0.5) is 0 Å². The van der Waals surface area contributed by atoms with E-state index in [9.17, 15) is 9.59 Å². The van der Waals surface area contributed by atoms with Gasteiger partial charge in [-0.2, -0.15) is 0 Å². The number of carbonyl (C=O) groups is 2. The number of nitrogens with one attached hydrogen (secondary N) is 1. The van der Waals surface area contributed by atoms with E-state index in [1.54, 1.807) is 18.7 Å². The van der Waals surface area contributed by atoms with Crippen molar-refractivity contribution in [3.05, 3.63) is 23.8 Å². The summed E-state index contributed by atoms with van der Waals surface area (Å²) >= 11 is 0. The van der Waals surface area contributed by atoms with Crippen molar-refractivity contribution in [3.63, 3.8) is 0 Å². The van der Waals surface area contributed by atoms with Gasteiger partial charge in [0, 0.05) is 38.8 Å². The zero-order valence-electron chi connectivity index (χ0n) is 16.6. The van der Waals surface area contributed by atoms with Crippen molar-refractivity contribution >= 4 is 11.8 Å². The Hall–Kier alpha value is -2.28. The molecule has 0 bridgehead atoms. The summed E-state index contributed by atoms with van der Waals surface area (Å²) in [7, 11) is 0. The molecule has 0 atom stereocenters. The average molecular weight is 375 g/mol. The van der Waals surface area contributed by atoms with Crippen molar-refractivity contribution in [2.24, 2.45) is 5.41 Å². The second kappa shape index (κ2) is 7.76. The maximum Gasteiger partial charge on any atom is 0.237 e. The summed E-state index contributed by atoms with van der Waals surface area (Å²) in [5, 5.41) is 2.85. The number of ether oxygens (including phenoxy) is 2. The molecular formula is C20H29N3O4. The fourth-order valence-corrected chi connectivity index (χ4v) is 3.34. The van der Waals surface area contributed by atoms with Gasteiger partial charge in [-0.1, -0.05) is 6.07 Å². The fourth-order valence-electron chi connectivity index (χ4n) is 3.34. The van der Waals surface area contributed by atoms with Gasteiger partial charge in [-0.15, -0.1) is 0 Å². The smallest absolute Gasteiger partial charge is 0.237 e. The molecule has 1 saturated heterocycles. The van der Waals surface area contributed by atoms with Gasteiger partial charge in [0.25, 0.3) is 0 Å². The highest BCUT2D eigenvalue weighted by Crippen LogP contribution is 2.33. The Labute approximate surface area is 160 Å². The van der Waals surface area contributed by atoms with Crippen molar-refractivity contribution < 1.29 is 19.1 Å². The highest BCUT2D eigenvalue weighted by atomic mass is 16.7. The molecule has 0 radical (unpaired) electrons. The maximum absolute atomic E-state index is 12.9. The first kappa shape index (κ1) is 19.5. The summed E-state index contributed by atoms with van der Waals surface area (Å²) in [6, 6.07) is 6.01. The molecule has 2 aliphatic rings. The van der Waals surface area contributed by atoms with Gasteiger partial charge in [-0.3, -0.25) is 14.5 Å². The van der Waals surface area contributed by atoms with E-state index in [-0.39, 0.29) is 24.6 Å². The SMILES string of the molecule is CC(C)NC(=O)C(C)(C)C(=O)N1CCN(Cc2ccc3c(c2)OCO3)CC1. The molecule has 1 aromatic rings. The number of piperazine rings is 1. The minimum atomic E-state index is -1.05. The van der Waals surface area contributed by atoms with Crippen molar-refractivity contribution in [1.29, 1.82) is 0 Å². The van der Waals surface area contributed by atoms with Crippen LogP contribution >= 0.6 is 0 Å². The standard InChI is InChI=1S/C20H29N3O4/c1-14(2)21-18(24)20(3,4)19(25)23-9-7-22(8-10-23)12-15-5-6-16-17(11-15)27-13-26-16/h5-6,11,14H,7-10,12-13H2,1-4H3,(H,21,24). The van der Waals surface area contributed by atoms with Gasteiger partial charge in [-0.25, -0.2) is 0 Å². The molecule has 1 aromatic carbocycles. The summed E-state index contributed by atoms with van der Waals surface area (Å²) in [5.41, 5.74) is 0.111. The molecule has 27 heavy (non-hydrogen) atoms. The highest BCUT2D eigenvalue weighted by molar-refractivity contribution is 6.04. The first-order valence-corrected chi connectivity index (χ1v) is 9.48. The van der Waals surface area contributed by atoms with Crippen LogP contribution in [0.1, 0.15) is 33.3 Å². The van der Waals surface area contributed by atoms with Crippen LogP contribution in [-0.4, -0.2) is 60.6 Å². The highest BCUT2D eigenvalue weighted by Gasteiger charge is 2.40. The van der Waals surface area contributed by atoms with E-state index < -0.39 is 5.41 Å². The molecule has 1 N–H and O–H groups in total. The van der Waals surface area contributed by atoms with Crippen LogP contribution < -0.4 is 14.8 Å². The summed E-state index contributed by atoms with van der Waals surface area (Å²) in [6.07, 6.45) is 0. The normalized spacial score (nSPS) is 17.3. The number of benzene rings is 1. The first-order chi connectivity index (χ1) is 12.8. The minimum Gasteiger partial charge on any atom is -0.454 e. The Morgan fingerprint density at radius 2 is 1.78 bits per heavy atom. The molecule has 7 nitrogen and oxygen atoms in total. The number of amides is 2. The van der Waals surface area contributed by atoms with Gasteiger partial charge in [0.1, 0.15) is 5.41 Å². The summed E-state index contributed by atoms with van der Waals surface area (Å²) in [4.78, 5) is 29.3. The number of hydrogen-bond acceptors (Lipinski definition) is 5. The van der Waals surface area contributed by atoms with Gasteiger partial charge < -0.3 is 19.7 Å². The van der Waals surface area contributed by atoms with E-state index in [0.29, 0.717) is 13.1 Å². The number of fused-ring (bicyclic) bond motifs is 1. The van der Waals surface area contributed by atoms with Crippen molar-refractivity contribution in [2.75, 3.05) is 33.0 Å². The van der Waals surface area contributed by atoms with Crippen LogP contribution in [0.3, 0.4) is 0 Å². The second-order valence-electron chi connectivity index (χ2n) is 8.01. The maximum atomic E-state index is 12.9. The summed E-state index contributed by atoms with van der Waals surface area (Å²) in [5.74, 6) is 1.25. The minimum absolute atomic E-state index is 0.0168. The molecule has 148 valence electrons. The van der Waals surface area contributed by atoms with Crippen LogP contribution in [0, 0.1) is 5.41 Å². The van der Waals surface area contributed by atoms with E-state index in [1.165, 1.54) is 0 Å². The molecule has 0 spiro atoms. The first-order valence-electron chi connectivity index (χ1n) is 9.48. The van der Waals surface area contributed by atoms with Crippen molar-refractivity contribution in [2.45, 2.75) is 40.3 Å². The Bertz CT molecular complexity index is 709. The molecular weight excluding hydrogens is 346 g/mol. The summed E-state index contributed by atoms with van der Waals surface area (Å²) in [6.45, 7) is 11.1. The third-order valence-electron chi connectivity index (χ3n) is 5.02. The van der Waals surface area contributed by atoms with Crippen molar-refractivity contribution in [1.82, 2.24) is 15.1 Å². The Balaban J connectivity index is 1.54. The number of rotatable bonds is 5. The van der Waals surface area contributed by atoms with E-state index in [1.807, 2.05) is 32.0 Å². The molecule has 2 aliphatic heterocycles. The molecule has 0 aliphatic carbocycles. The van der Waals surface area contributed by atoms with E-state index in [4.69, 9.17) is 9.47 Å². The van der Waals surface area contributed by atoms with Crippen LogP contribution in [0.25, 0.3) is 0 Å². The van der Waals surface area contributed by atoms with Crippen LogP contribution in [-0.2, 0) is 16.1 Å². The molecule has 0 saturated carbocycles. The predicted octanol–water partition coefficient (Wildman–Crippen LogP) is 1.61. The Morgan fingerprint density at radius 1 is 1.11 bits per heavy atom. The van der Waals surface area contributed by atoms with E-state index >= 15 is 0 Å². The molecule has 0 aromatic heterocycles. The van der Waals surface area contributed by atoms with Gasteiger partial charge in [0.05, 0.1) is 0 Å². The van der Waals surface area contributed by atoms with Crippen LogP contribution in [0.15, 0.2) is 18.2 Å². The topological polar surface area (TPSA) is 71.1 Å².